The third kappa shape index (κ3) is 3.11. The van der Waals surface area contributed by atoms with Crippen LogP contribution in [0.15, 0.2) is 24.3 Å². The van der Waals surface area contributed by atoms with Crippen LogP contribution in [0, 0.1) is 0 Å². The van der Waals surface area contributed by atoms with Crippen molar-refractivity contribution in [2.24, 2.45) is 0 Å². The lowest BCUT2D eigenvalue weighted by molar-refractivity contribution is 0.0598. The van der Waals surface area contributed by atoms with Gasteiger partial charge in [0.1, 0.15) is 5.82 Å². The standard InChI is InChI=1S/C19H20N6O2/c1-27-19(26)14-7-6-13(21-17(14)11-2-3-11)10-20-15-8-9-16-22-23-18(12-4-5-12)25(16)24-15/h6-9,11-12H,2-5,10H2,1H3,(H,20,24). The van der Waals surface area contributed by atoms with Gasteiger partial charge in [-0.15, -0.1) is 15.3 Å². The van der Waals surface area contributed by atoms with Crippen molar-refractivity contribution in [3.05, 3.63) is 47.0 Å². The summed E-state index contributed by atoms with van der Waals surface area (Å²) in [5.74, 6) is 2.21. The number of methoxy groups -OCH3 is 1. The van der Waals surface area contributed by atoms with Crippen molar-refractivity contribution in [2.45, 2.75) is 44.1 Å². The molecule has 0 aliphatic heterocycles. The van der Waals surface area contributed by atoms with Crippen LogP contribution in [0.5, 0.6) is 0 Å². The summed E-state index contributed by atoms with van der Waals surface area (Å²) in [4.78, 5) is 16.6. The molecular formula is C19H20N6O2. The first-order chi connectivity index (χ1) is 13.2. The number of pyridine rings is 1. The van der Waals surface area contributed by atoms with E-state index in [1.54, 1.807) is 0 Å². The third-order valence-electron chi connectivity index (χ3n) is 5.03. The number of hydrogen-bond donors (Lipinski definition) is 1. The smallest absolute Gasteiger partial charge is 0.339 e. The van der Waals surface area contributed by atoms with E-state index < -0.39 is 0 Å². The number of aromatic nitrogens is 5. The number of anilines is 1. The monoisotopic (exact) mass is 364 g/mol. The highest BCUT2D eigenvalue weighted by Crippen LogP contribution is 2.41. The number of ether oxygens (including phenoxy) is 1. The number of fused-ring (bicyclic) bond motifs is 1. The molecule has 8 heteroatoms. The van der Waals surface area contributed by atoms with Crippen molar-refractivity contribution < 1.29 is 9.53 Å². The van der Waals surface area contributed by atoms with Crippen LogP contribution in [0.25, 0.3) is 5.65 Å². The molecule has 8 nitrogen and oxygen atoms in total. The van der Waals surface area contributed by atoms with E-state index in [2.05, 4.69) is 20.6 Å². The van der Waals surface area contributed by atoms with E-state index in [1.807, 2.05) is 28.8 Å². The quantitative estimate of drug-likeness (QED) is 0.672. The molecule has 138 valence electrons. The van der Waals surface area contributed by atoms with Gasteiger partial charge in [-0.1, -0.05) is 0 Å². The maximum absolute atomic E-state index is 11.9. The van der Waals surface area contributed by atoms with Crippen molar-refractivity contribution >= 4 is 17.4 Å². The van der Waals surface area contributed by atoms with Gasteiger partial charge in [0.15, 0.2) is 11.5 Å². The van der Waals surface area contributed by atoms with Crippen LogP contribution in [-0.4, -0.2) is 37.9 Å². The number of nitrogens with zero attached hydrogens (tertiary/aromatic N) is 5. The third-order valence-corrected chi connectivity index (χ3v) is 5.03. The molecule has 0 spiro atoms. The number of esters is 1. The number of carbonyl (C=O) groups is 1. The Kier molecular flexibility index (Phi) is 3.77. The maximum atomic E-state index is 11.9. The van der Waals surface area contributed by atoms with Crippen LogP contribution in [0.3, 0.4) is 0 Å². The molecule has 0 unspecified atom stereocenters. The summed E-state index contributed by atoms with van der Waals surface area (Å²) < 4.78 is 6.70. The highest BCUT2D eigenvalue weighted by Gasteiger charge is 2.30. The molecule has 2 aliphatic rings. The van der Waals surface area contributed by atoms with Crippen LogP contribution < -0.4 is 5.32 Å². The van der Waals surface area contributed by atoms with Crippen molar-refractivity contribution in [3.8, 4) is 0 Å². The number of hydrogen-bond acceptors (Lipinski definition) is 7. The van der Waals surface area contributed by atoms with Gasteiger partial charge in [0.25, 0.3) is 0 Å². The fraction of sp³-hybridized carbons (Fsp3) is 0.421. The Bertz CT molecular complexity index is 1020. The van der Waals surface area contributed by atoms with E-state index in [9.17, 15) is 4.79 Å². The van der Waals surface area contributed by atoms with E-state index in [0.29, 0.717) is 23.9 Å². The average molecular weight is 364 g/mol. The Morgan fingerprint density at radius 1 is 1.15 bits per heavy atom. The topological polar surface area (TPSA) is 94.3 Å². The van der Waals surface area contributed by atoms with Crippen LogP contribution in [0.1, 0.15) is 65.1 Å². The largest absolute Gasteiger partial charge is 0.465 e. The molecule has 3 aromatic heterocycles. The molecule has 3 aromatic rings. The van der Waals surface area contributed by atoms with Gasteiger partial charge in [0.05, 0.1) is 30.6 Å². The molecule has 0 aromatic carbocycles. The van der Waals surface area contributed by atoms with Crippen LogP contribution in [-0.2, 0) is 11.3 Å². The molecule has 0 bridgehead atoms. The van der Waals surface area contributed by atoms with Crippen molar-refractivity contribution in [1.29, 1.82) is 0 Å². The summed E-state index contributed by atoms with van der Waals surface area (Å²) in [6.45, 7) is 0.528. The predicted octanol–water partition coefficient (Wildman–Crippen LogP) is 2.67. The maximum Gasteiger partial charge on any atom is 0.339 e. The Morgan fingerprint density at radius 2 is 1.96 bits per heavy atom. The zero-order chi connectivity index (χ0) is 18.4. The summed E-state index contributed by atoms with van der Waals surface area (Å²) >= 11 is 0. The van der Waals surface area contributed by atoms with Crippen LogP contribution in [0.2, 0.25) is 0 Å². The van der Waals surface area contributed by atoms with Gasteiger partial charge in [-0.2, -0.15) is 4.52 Å². The molecule has 2 fully saturated rings. The summed E-state index contributed by atoms with van der Waals surface area (Å²) in [5, 5.41) is 16.4. The van der Waals surface area contributed by atoms with E-state index in [0.717, 1.165) is 54.4 Å². The zero-order valence-corrected chi connectivity index (χ0v) is 15.1. The number of nitrogens with one attached hydrogen (secondary N) is 1. The lowest BCUT2D eigenvalue weighted by Gasteiger charge is -2.10. The molecule has 1 N–H and O–H groups in total. The second kappa shape index (κ2) is 6.29. The van der Waals surface area contributed by atoms with Crippen molar-refractivity contribution in [3.63, 3.8) is 0 Å². The zero-order valence-electron chi connectivity index (χ0n) is 15.1. The molecule has 2 saturated carbocycles. The SMILES string of the molecule is COC(=O)c1ccc(CNc2ccc3nnc(C4CC4)n3n2)nc1C1CC1. The predicted molar refractivity (Wildman–Crippen MR) is 97.6 cm³/mol. The number of carbonyl (C=O) groups excluding carboxylic acids is 1. The van der Waals surface area contributed by atoms with E-state index in [4.69, 9.17) is 9.72 Å². The fourth-order valence-electron chi connectivity index (χ4n) is 3.24. The van der Waals surface area contributed by atoms with E-state index >= 15 is 0 Å². The first-order valence-electron chi connectivity index (χ1n) is 9.27. The minimum atomic E-state index is -0.323. The van der Waals surface area contributed by atoms with Gasteiger partial charge >= 0.3 is 5.97 Å². The van der Waals surface area contributed by atoms with Crippen molar-refractivity contribution in [2.75, 3.05) is 12.4 Å². The van der Waals surface area contributed by atoms with Crippen molar-refractivity contribution in [1.82, 2.24) is 24.8 Å². The number of rotatable bonds is 6. The molecule has 0 saturated heterocycles. The Morgan fingerprint density at radius 3 is 2.70 bits per heavy atom. The molecule has 2 aliphatic carbocycles. The molecule has 0 amide bonds. The Labute approximate surface area is 156 Å². The molecular weight excluding hydrogens is 344 g/mol. The molecule has 3 heterocycles. The minimum Gasteiger partial charge on any atom is -0.465 e. The Balaban J connectivity index is 1.36. The van der Waals surface area contributed by atoms with E-state index in [-0.39, 0.29) is 5.97 Å². The summed E-state index contributed by atoms with van der Waals surface area (Å²) in [6, 6.07) is 7.48. The van der Waals surface area contributed by atoms with Gasteiger partial charge in [-0.3, -0.25) is 4.98 Å². The molecule has 27 heavy (non-hydrogen) atoms. The van der Waals surface area contributed by atoms with Crippen LogP contribution in [0.4, 0.5) is 5.82 Å². The highest BCUT2D eigenvalue weighted by molar-refractivity contribution is 5.90. The second-order valence-electron chi connectivity index (χ2n) is 7.18. The molecule has 5 rings (SSSR count). The fourth-order valence-corrected chi connectivity index (χ4v) is 3.24. The lowest BCUT2D eigenvalue weighted by Crippen LogP contribution is -2.11. The molecule has 0 atom stereocenters. The van der Waals surface area contributed by atoms with Gasteiger partial charge in [-0.25, -0.2) is 4.79 Å². The summed E-state index contributed by atoms with van der Waals surface area (Å²) in [5.41, 5.74) is 3.05. The van der Waals surface area contributed by atoms with E-state index in [1.165, 1.54) is 7.11 Å². The minimum absolute atomic E-state index is 0.323. The average Bonchev–Trinajstić information content (AvgIpc) is 3.63. The first kappa shape index (κ1) is 16.2. The first-order valence-corrected chi connectivity index (χ1v) is 9.27. The summed E-state index contributed by atoms with van der Waals surface area (Å²) in [7, 11) is 1.40. The highest BCUT2D eigenvalue weighted by atomic mass is 16.5. The second-order valence-corrected chi connectivity index (χ2v) is 7.18. The van der Waals surface area contributed by atoms with Gasteiger partial charge in [0, 0.05) is 11.8 Å². The normalized spacial score (nSPS) is 16.5. The Hall–Kier alpha value is -3.03. The van der Waals surface area contributed by atoms with Gasteiger partial charge in [-0.05, 0) is 49.9 Å². The van der Waals surface area contributed by atoms with Gasteiger partial charge < -0.3 is 10.1 Å². The van der Waals surface area contributed by atoms with Crippen LogP contribution >= 0.6 is 0 Å². The lowest BCUT2D eigenvalue weighted by atomic mass is 10.1. The van der Waals surface area contributed by atoms with Gasteiger partial charge in [0.2, 0.25) is 0 Å². The molecule has 0 radical (unpaired) electrons. The summed E-state index contributed by atoms with van der Waals surface area (Å²) in [6.07, 6.45) is 4.45.